The van der Waals surface area contributed by atoms with Gasteiger partial charge < -0.3 is 14.8 Å². The summed E-state index contributed by atoms with van der Waals surface area (Å²) in [5.41, 5.74) is 2.20. The van der Waals surface area contributed by atoms with Crippen LogP contribution in [0.25, 0.3) is 0 Å². The summed E-state index contributed by atoms with van der Waals surface area (Å²) in [6, 6.07) is 0. The van der Waals surface area contributed by atoms with E-state index in [2.05, 4.69) is 29.1 Å². The third-order valence-corrected chi connectivity index (χ3v) is 3.21. The number of nitrogens with zero attached hydrogens (tertiary/aromatic N) is 2. The number of hydrogen-bond donors (Lipinski definition) is 1. The van der Waals surface area contributed by atoms with Gasteiger partial charge in [-0.1, -0.05) is 6.92 Å². The monoisotopic (exact) mass is 265 g/mol. The van der Waals surface area contributed by atoms with Crippen LogP contribution in [0.4, 0.5) is 5.82 Å². The highest BCUT2D eigenvalue weighted by molar-refractivity contribution is 5.47. The molecule has 2 heterocycles. The molecule has 0 fully saturated rings. The largest absolute Gasteiger partial charge is 0.376 e. The third-order valence-electron chi connectivity index (χ3n) is 3.21. The molecule has 5 heteroatoms. The summed E-state index contributed by atoms with van der Waals surface area (Å²) >= 11 is 0. The standard InChI is InChI=1S/C14H23N3O2/c1-4-12(19-6-3)14-16-11-7-8-18-9-10(11)13(17-14)15-5-2/h12H,4-9H2,1-3H3,(H,15,16,17). The summed E-state index contributed by atoms with van der Waals surface area (Å²) in [6.45, 7) is 9.02. The topological polar surface area (TPSA) is 56.3 Å². The minimum absolute atomic E-state index is 0.0180. The lowest BCUT2D eigenvalue weighted by molar-refractivity contribution is 0.0526. The normalized spacial score (nSPS) is 15.9. The second-order valence-corrected chi connectivity index (χ2v) is 4.54. The van der Waals surface area contributed by atoms with Crippen LogP contribution in [0.3, 0.4) is 0 Å². The van der Waals surface area contributed by atoms with Crippen molar-refractivity contribution in [2.24, 2.45) is 0 Å². The molecule has 0 aromatic carbocycles. The first kappa shape index (κ1) is 14.2. The van der Waals surface area contributed by atoms with Crippen LogP contribution in [-0.4, -0.2) is 29.7 Å². The van der Waals surface area contributed by atoms with Gasteiger partial charge in [0.15, 0.2) is 5.82 Å². The van der Waals surface area contributed by atoms with Crippen molar-refractivity contribution in [3.8, 4) is 0 Å². The van der Waals surface area contributed by atoms with E-state index < -0.39 is 0 Å². The average molecular weight is 265 g/mol. The minimum Gasteiger partial charge on any atom is -0.376 e. The van der Waals surface area contributed by atoms with Gasteiger partial charge in [-0.15, -0.1) is 0 Å². The van der Waals surface area contributed by atoms with Gasteiger partial charge in [-0.3, -0.25) is 0 Å². The highest BCUT2D eigenvalue weighted by Gasteiger charge is 2.21. The molecule has 2 rings (SSSR count). The fraction of sp³-hybridized carbons (Fsp3) is 0.714. The minimum atomic E-state index is -0.0180. The van der Waals surface area contributed by atoms with Gasteiger partial charge in [0.25, 0.3) is 0 Å². The van der Waals surface area contributed by atoms with Crippen LogP contribution in [-0.2, 0) is 22.5 Å². The molecular weight excluding hydrogens is 242 g/mol. The fourth-order valence-electron chi connectivity index (χ4n) is 2.28. The molecule has 5 nitrogen and oxygen atoms in total. The van der Waals surface area contributed by atoms with E-state index in [-0.39, 0.29) is 6.10 Å². The molecule has 19 heavy (non-hydrogen) atoms. The summed E-state index contributed by atoms with van der Waals surface area (Å²) in [5, 5.41) is 3.31. The van der Waals surface area contributed by atoms with Gasteiger partial charge in [-0.2, -0.15) is 0 Å². The Morgan fingerprint density at radius 1 is 1.32 bits per heavy atom. The van der Waals surface area contributed by atoms with Crippen molar-refractivity contribution in [3.05, 3.63) is 17.1 Å². The Bertz CT molecular complexity index is 423. The lowest BCUT2D eigenvalue weighted by atomic mass is 10.1. The molecule has 0 aliphatic carbocycles. The molecule has 0 radical (unpaired) electrons. The highest BCUT2D eigenvalue weighted by Crippen LogP contribution is 2.26. The van der Waals surface area contributed by atoms with E-state index in [0.29, 0.717) is 13.2 Å². The number of fused-ring (bicyclic) bond motifs is 1. The predicted octanol–water partition coefficient (Wildman–Crippen LogP) is 2.47. The Balaban J connectivity index is 2.36. The van der Waals surface area contributed by atoms with E-state index in [1.54, 1.807) is 0 Å². The molecule has 1 unspecified atom stereocenters. The number of aromatic nitrogens is 2. The summed E-state index contributed by atoms with van der Waals surface area (Å²) < 4.78 is 11.2. The summed E-state index contributed by atoms with van der Waals surface area (Å²) in [4.78, 5) is 9.33. The zero-order valence-corrected chi connectivity index (χ0v) is 12.0. The van der Waals surface area contributed by atoms with Gasteiger partial charge in [0, 0.05) is 25.1 Å². The summed E-state index contributed by atoms with van der Waals surface area (Å²) in [7, 11) is 0. The summed E-state index contributed by atoms with van der Waals surface area (Å²) in [5.74, 6) is 1.70. The molecule has 106 valence electrons. The molecule has 1 atom stereocenters. The first-order valence-electron chi connectivity index (χ1n) is 7.13. The Kier molecular flexibility index (Phi) is 5.10. The molecule has 0 saturated heterocycles. The molecule has 1 N–H and O–H groups in total. The van der Waals surface area contributed by atoms with Crippen LogP contribution in [0.1, 0.15) is 50.4 Å². The van der Waals surface area contributed by atoms with Crippen LogP contribution < -0.4 is 5.32 Å². The number of nitrogens with one attached hydrogen (secondary N) is 1. The smallest absolute Gasteiger partial charge is 0.159 e. The molecule has 1 aromatic heterocycles. The Morgan fingerprint density at radius 2 is 2.16 bits per heavy atom. The van der Waals surface area contributed by atoms with E-state index >= 15 is 0 Å². The van der Waals surface area contributed by atoms with Crippen LogP contribution >= 0.6 is 0 Å². The first-order valence-corrected chi connectivity index (χ1v) is 7.13. The van der Waals surface area contributed by atoms with Crippen molar-refractivity contribution in [2.75, 3.05) is 25.1 Å². The van der Waals surface area contributed by atoms with Gasteiger partial charge in [-0.05, 0) is 20.3 Å². The number of rotatable bonds is 6. The maximum absolute atomic E-state index is 5.72. The average Bonchev–Trinajstić information content (AvgIpc) is 2.45. The second kappa shape index (κ2) is 6.82. The maximum atomic E-state index is 5.72. The SMILES string of the molecule is CCNc1nc(C(CC)OCC)nc2c1COCC2. The number of ether oxygens (including phenoxy) is 2. The third kappa shape index (κ3) is 3.22. The van der Waals surface area contributed by atoms with Gasteiger partial charge in [-0.25, -0.2) is 9.97 Å². The zero-order valence-electron chi connectivity index (χ0n) is 12.0. The van der Waals surface area contributed by atoms with Gasteiger partial charge in [0.1, 0.15) is 11.9 Å². The van der Waals surface area contributed by atoms with Crippen molar-refractivity contribution in [2.45, 2.75) is 46.3 Å². The van der Waals surface area contributed by atoms with E-state index in [4.69, 9.17) is 9.47 Å². The fourth-order valence-corrected chi connectivity index (χ4v) is 2.28. The Morgan fingerprint density at radius 3 is 2.84 bits per heavy atom. The molecular formula is C14H23N3O2. The van der Waals surface area contributed by atoms with E-state index in [1.807, 2.05) is 6.92 Å². The summed E-state index contributed by atoms with van der Waals surface area (Å²) in [6.07, 6.45) is 1.72. The van der Waals surface area contributed by atoms with Crippen LogP contribution in [0.2, 0.25) is 0 Å². The lowest BCUT2D eigenvalue weighted by Gasteiger charge is -2.22. The van der Waals surface area contributed by atoms with Crippen molar-refractivity contribution in [1.29, 1.82) is 0 Å². The first-order chi connectivity index (χ1) is 9.30. The van der Waals surface area contributed by atoms with Crippen LogP contribution in [0, 0.1) is 0 Å². The molecule has 1 aliphatic heterocycles. The quantitative estimate of drug-likeness (QED) is 0.856. The van der Waals surface area contributed by atoms with Crippen LogP contribution in [0.5, 0.6) is 0 Å². The molecule has 0 amide bonds. The molecule has 1 aromatic rings. The van der Waals surface area contributed by atoms with Crippen LogP contribution in [0.15, 0.2) is 0 Å². The Hall–Kier alpha value is -1.20. The predicted molar refractivity (Wildman–Crippen MR) is 74.2 cm³/mol. The van der Waals surface area contributed by atoms with Gasteiger partial charge in [0.2, 0.25) is 0 Å². The zero-order chi connectivity index (χ0) is 13.7. The van der Waals surface area contributed by atoms with Gasteiger partial charge in [0.05, 0.1) is 18.9 Å². The van der Waals surface area contributed by atoms with E-state index in [9.17, 15) is 0 Å². The number of hydrogen-bond acceptors (Lipinski definition) is 5. The number of anilines is 1. The maximum Gasteiger partial charge on any atom is 0.159 e. The second-order valence-electron chi connectivity index (χ2n) is 4.54. The molecule has 0 saturated carbocycles. The lowest BCUT2D eigenvalue weighted by Crippen LogP contribution is -2.20. The van der Waals surface area contributed by atoms with Crippen molar-refractivity contribution in [1.82, 2.24) is 9.97 Å². The van der Waals surface area contributed by atoms with Crippen molar-refractivity contribution in [3.63, 3.8) is 0 Å². The molecule has 1 aliphatic rings. The van der Waals surface area contributed by atoms with Crippen molar-refractivity contribution >= 4 is 5.82 Å². The molecule has 0 bridgehead atoms. The van der Waals surface area contributed by atoms with Gasteiger partial charge >= 0.3 is 0 Å². The Labute approximate surface area is 114 Å². The highest BCUT2D eigenvalue weighted by atomic mass is 16.5. The van der Waals surface area contributed by atoms with E-state index in [1.165, 1.54) is 0 Å². The molecule has 0 spiro atoms. The van der Waals surface area contributed by atoms with E-state index in [0.717, 1.165) is 48.9 Å². The van der Waals surface area contributed by atoms with Crippen molar-refractivity contribution < 1.29 is 9.47 Å².